The molecule has 1 unspecified atom stereocenters. The average molecular weight is 340 g/mol. The first kappa shape index (κ1) is 19.5. The van der Waals surface area contributed by atoms with Crippen molar-refractivity contribution in [3.8, 4) is 0 Å². The second kappa shape index (κ2) is 9.55. The molecule has 0 fully saturated rings. The molecule has 130 valence electrons. The van der Waals surface area contributed by atoms with E-state index in [2.05, 4.69) is 36.4 Å². The highest BCUT2D eigenvalue weighted by Gasteiger charge is 2.14. The van der Waals surface area contributed by atoms with E-state index in [0.717, 1.165) is 12.8 Å². The molecular formula is C17H29N3O2S. The standard InChI is InChI=1S/C17H29N3O2S/c1-14(2)10-11-15(3)20-17(18-4)19-12-13-23(21,22)16-8-6-5-7-9-16/h5-9,14-15H,10-13H2,1-4H3,(H2,18,19,20). The van der Waals surface area contributed by atoms with Crippen molar-refractivity contribution < 1.29 is 8.42 Å². The molecule has 1 rings (SSSR count). The van der Waals surface area contributed by atoms with Gasteiger partial charge in [0.25, 0.3) is 0 Å². The zero-order valence-electron chi connectivity index (χ0n) is 14.5. The fraction of sp³-hybridized carbons (Fsp3) is 0.588. The summed E-state index contributed by atoms with van der Waals surface area (Å²) in [7, 11) is -1.57. The molecule has 1 atom stereocenters. The van der Waals surface area contributed by atoms with E-state index in [-0.39, 0.29) is 5.75 Å². The molecule has 6 heteroatoms. The van der Waals surface area contributed by atoms with E-state index in [9.17, 15) is 8.42 Å². The van der Waals surface area contributed by atoms with Crippen LogP contribution in [0.25, 0.3) is 0 Å². The van der Waals surface area contributed by atoms with E-state index in [4.69, 9.17) is 0 Å². The van der Waals surface area contributed by atoms with Crippen molar-refractivity contribution in [2.45, 2.75) is 44.6 Å². The molecule has 2 N–H and O–H groups in total. The van der Waals surface area contributed by atoms with Gasteiger partial charge in [-0.1, -0.05) is 32.0 Å². The minimum Gasteiger partial charge on any atom is -0.355 e. The lowest BCUT2D eigenvalue weighted by Crippen LogP contribution is -2.43. The summed E-state index contributed by atoms with van der Waals surface area (Å²) >= 11 is 0. The lowest BCUT2D eigenvalue weighted by atomic mass is 10.0. The zero-order valence-corrected chi connectivity index (χ0v) is 15.4. The van der Waals surface area contributed by atoms with Crippen LogP contribution in [0.1, 0.15) is 33.6 Å². The van der Waals surface area contributed by atoms with Crippen molar-refractivity contribution in [3.63, 3.8) is 0 Å². The minimum absolute atomic E-state index is 0.0398. The molecule has 0 radical (unpaired) electrons. The van der Waals surface area contributed by atoms with Crippen molar-refractivity contribution >= 4 is 15.8 Å². The Labute approximate surface area is 140 Å². The molecule has 0 aliphatic rings. The maximum atomic E-state index is 12.2. The maximum absolute atomic E-state index is 12.2. The van der Waals surface area contributed by atoms with Crippen molar-refractivity contribution in [1.82, 2.24) is 10.6 Å². The van der Waals surface area contributed by atoms with Gasteiger partial charge in [0.1, 0.15) is 0 Å². The van der Waals surface area contributed by atoms with Gasteiger partial charge in [0.2, 0.25) is 0 Å². The molecule has 0 aliphatic carbocycles. The van der Waals surface area contributed by atoms with E-state index in [1.807, 2.05) is 6.07 Å². The Balaban J connectivity index is 2.44. The highest BCUT2D eigenvalue weighted by atomic mass is 32.2. The predicted molar refractivity (Wildman–Crippen MR) is 96.5 cm³/mol. The second-order valence-corrected chi connectivity index (χ2v) is 8.26. The van der Waals surface area contributed by atoms with Crippen molar-refractivity contribution in [2.75, 3.05) is 19.3 Å². The van der Waals surface area contributed by atoms with Crippen molar-refractivity contribution in [1.29, 1.82) is 0 Å². The maximum Gasteiger partial charge on any atom is 0.191 e. The smallest absolute Gasteiger partial charge is 0.191 e. The Morgan fingerprint density at radius 2 is 1.78 bits per heavy atom. The molecule has 5 nitrogen and oxygen atoms in total. The Morgan fingerprint density at radius 3 is 2.35 bits per heavy atom. The number of rotatable bonds is 8. The molecule has 0 aromatic heterocycles. The molecular weight excluding hydrogens is 310 g/mol. The molecule has 0 aliphatic heterocycles. The number of nitrogens with zero attached hydrogens (tertiary/aromatic N) is 1. The summed E-state index contributed by atoms with van der Waals surface area (Å²) in [6, 6.07) is 8.82. The van der Waals surface area contributed by atoms with Crippen LogP contribution in [-0.2, 0) is 9.84 Å². The first-order chi connectivity index (χ1) is 10.8. The number of sulfone groups is 1. The third-order valence-electron chi connectivity index (χ3n) is 3.55. The minimum atomic E-state index is -3.26. The Morgan fingerprint density at radius 1 is 1.13 bits per heavy atom. The van der Waals surface area contributed by atoms with Crippen LogP contribution in [0.3, 0.4) is 0 Å². The monoisotopic (exact) mass is 339 g/mol. The SMILES string of the molecule is CN=C(NCCS(=O)(=O)c1ccccc1)NC(C)CCC(C)C. The lowest BCUT2D eigenvalue weighted by Gasteiger charge is -2.18. The molecule has 0 saturated heterocycles. The van der Waals surface area contributed by atoms with E-state index in [1.54, 1.807) is 31.3 Å². The Hall–Kier alpha value is -1.56. The van der Waals surface area contributed by atoms with Crippen LogP contribution in [-0.4, -0.2) is 39.8 Å². The third-order valence-corrected chi connectivity index (χ3v) is 5.28. The van der Waals surface area contributed by atoms with Crippen LogP contribution < -0.4 is 10.6 Å². The normalized spacial score (nSPS) is 13.9. The van der Waals surface area contributed by atoms with E-state index < -0.39 is 9.84 Å². The van der Waals surface area contributed by atoms with Crippen LogP contribution in [0.5, 0.6) is 0 Å². The van der Waals surface area contributed by atoms with Crippen molar-refractivity contribution in [2.24, 2.45) is 10.9 Å². The average Bonchev–Trinajstić information content (AvgIpc) is 2.52. The van der Waals surface area contributed by atoms with Crippen LogP contribution in [0, 0.1) is 5.92 Å². The highest BCUT2D eigenvalue weighted by molar-refractivity contribution is 7.91. The highest BCUT2D eigenvalue weighted by Crippen LogP contribution is 2.09. The van der Waals surface area contributed by atoms with Gasteiger partial charge in [-0.25, -0.2) is 8.42 Å². The molecule has 0 saturated carbocycles. The Bertz CT molecular complexity index is 583. The predicted octanol–water partition coefficient (Wildman–Crippen LogP) is 2.45. The summed E-state index contributed by atoms with van der Waals surface area (Å²) < 4.78 is 24.4. The lowest BCUT2D eigenvalue weighted by molar-refractivity contribution is 0.489. The van der Waals surface area contributed by atoms with Gasteiger partial charge in [-0.05, 0) is 37.8 Å². The number of aliphatic imine (C=N–C) groups is 1. The van der Waals surface area contributed by atoms with Gasteiger partial charge < -0.3 is 10.6 Å². The van der Waals surface area contributed by atoms with Crippen LogP contribution in [0.15, 0.2) is 40.2 Å². The van der Waals surface area contributed by atoms with Gasteiger partial charge in [-0.3, -0.25) is 4.99 Å². The summed E-state index contributed by atoms with van der Waals surface area (Å²) in [5.41, 5.74) is 0. The van der Waals surface area contributed by atoms with E-state index in [0.29, 0.717) is 29.4 Å². The molecule has 1 aromatic carbocycles. The number of hydrogen-bond acceptors (Lipinski definition) is 3. The summed E-state index contributed by atoms with van der Waals surface area (Å²) in [5.74, 6) is 1.35. The molecule has 0 amide bonds. The van der Waals surface area contributed by atoms with Gasteiger partial charge >= 0.3 is 0 Å². The summed E-state index contributed by atoms with van der Waals surface area (Å²) in [5, 5.41) is 6.37. The third kappa shape index (κ3) is 7.50. The fourth-order valence-electron chi connectivity index (χ4n) is 2.13. The molecule has 23 heavy (non-hydrogen) atoms. The van der Waals surface area contributed by atoms with Crippen molar-refractivity contribution in [3.05, 3.63) is 30.3 Å². The quantitative estimate of drug-likeness (QED) is 0.564. The van der Waals surface area contributed by atoms with Gasteiger partial charge in [0.15, 0.2) is 15.8 Å². The van der Waals surface area contributed by atoms with Crippen LogP contribution >= 0.6 is 0 Å². The number of benzene rings is 1. The topological polar surface area (TPSA) is 70.6 Å². The summed E-state index contributed by atoms with van der Waals surface area (Å²) in [4.78, 5) is 4.50. The van der Waals surface area contributed by atoms with E-state index >= 15 is 0 Å². The molecule has 1 aromatic rings. The number of hydrogen-bond donors (Lipinski definition) is 2. The molecule has 0 bridgehead atoms. The molecule has 0 heterocycles. The zero-order chi connectivity index (χ0) is 17.3. The van der Waals surface area contributed by atoms with Gasteiger partial charge in [-0.2, -0.15) is 0 Å². The number of nitrogens with one attached hydrogen (secondary N) is 2. The number of guanidine groups is 1. The van der Waals surface area contributed by atoms with E-state index in [1.165, 1.54) is 0 Å². The molecule has 0 spiro atoms. The van der Waals surface area contributed by atoms with Gasteiger partial charge in [-0.15, -0.1) is 0 Å². The van der Waals surface area contributed by atoms with Gasteiger partial charge in [0, 0.05) is 19.6 Å². The Kier molecular flexibility index (Phi) is 8.09. The first-order valence-electron chi connectivity index (χ1n) is 8.10. The first-order valence-corrected chi connectivity index (χ1v) is 9.75. The fourth-order valence-corrected chi connectivity index (χ4v) is 3.31. The van der Waals surface area contributed by atoms with Crippen LogP contribution in [0.4, 0.5) is 0 Å². The summed E-state index contributed by atoms with van der Waals surface area (Å²) in [6.07, 6.45) is 2.20. The largest absolute Gasteiger partial charge is 0.355 e. The van der Waals surface area contributed by atoms with Gasteiger partial charge in [0.05, 0.1) is 10.6 Å². The van der Waals surface area contributed by atoms with Crippen LogP contribution in [0.2, 0.25) is 0 Å². The second-order valence-electron chi connectivity index (χ2n) is 6.15. The summed E-state index contributed by atoms with van der Waals surface area (Å²) in [6.45, 7) is 6.84.